The molecule has 2 aromatic rings. The van der Waals surface area contributed by atoms with E-state index in [1.165, 1.54) is 11.5 Å². The highest BCUT2D eigenvalue weighted by Crippen LogP contribution is 2.02. The number of pyridine rings is 1. The summed E-state index contributed by atoms with van der Waals surface area (Å²) in [7, 11) is 2.09. The lowest BCUT2D eigenvalue weighted by atomic mass is 10.2. The van der Waals surface area contributed by atoms with Gasteiger partial charge in [-0.15, -0.1) is 5.10 Å². The van der Waals surface area contributed by atoms with E-state index in [2.05, 4.69) is 32.6 Å². The molecule has 0 aliphatic heterocycles. The lowest BCUT2D eigenvalue weighted by Gasteiger charge is -2.14. The first-order valence-electron chi connectivity index (χ1n) is 5.19. The monoisotopic (exact) mass is 234 g/mol. The van der Waals surface area contributed by atoms with Gasteiger partial charge in [0.15, 0.2) is 0 Å². The maximum Gasteiger partial charge on any atom is 0.0895 e. The van der Waals surface area contributed by atoms with Crippen molar-refractivity contribution in [3.63, 3.8) is 0 Å². The molecule has 0 aliphatic carbocycles. The van der Waals surface area contributed by atoms with Crippen LogP contribution in [0.4, 0.5) is 0 Å². The Morgan fingerprint density at radius 3 is 2.94 bits per heavy atom. The van der Waals surface area contributed by atoms with Crippen molar-refractivity contribution < 1.29 is 0 Å². The van der Waals surface area contributed by atoms with Gasteiger partial charge in [-0.3, -0.25) is 4.98 Å². The second kappa shape index (κ2) is 5.67. The molecule has 0 amide bonds. The Bertz CT molecular complexity index is 401. The van der Waals surface area contributed by atoms with E-state index in [-0.39, 0.29) is 0 Å². The van der Waals surface area contributed by atoms with Crippen molar-refractivity contribution in [1.82, 2.24) is 19.5 Å². The van der Waals surface area contributed by atoms with Crippen LogP contribution in [-0.4, -0.2) is 33.1 Å². The van der Waals surface area contributed by atoms with Gasteiger partial charge >= 0.3 is 0 Å². The summed E-state index contributed by atoms with van der Waals surface area (Å²) in [5.41, 5.74) is 2.17. The zero-order valence-corrected chi connectivity index (χ0v) is 10.0. The number of hydrogen-bond donors (Lipinski definition) is 0. The second-order valence-corrected chi connectivity index (χ2v) is 4.31. The Morgan fingerprint density at radius 1 is 1.31 bits per heavy atom. The van der Waals surface area contributed by atoms with Gasteiger partial charge in [-0.1, -0.05) is 10.6 Å². The van der Waals surface area contributed by atoms with E-state index in [9.17, 15) is 0 Å². The van der Waals surface area contributed by atoms with E-state index < -0.39 is 0 Å². The molecule has 0 aromatic carbocycles. The van der Waals surface area contributed by atoms with Crippen molar-refractivity contribution >= 4 is 11.5 Å². The van der Waals surface area contributed by atoms with Gasteiger partial charge in [-0.2, -0.15) is 0 Å². The fourth-order valence-corrected chi connectivity index (χ4v) is 1.90. The summed E-state index contributed by atoms with van der Waals surface area (Å²) >= 11 is 1.40. The highest BCUT2D eigenvalue weighted by Gasteiger charge is 2.03. The highest BCUT2D eigenvalue weighted by molar-refractivity contribution is 7.03. The first-order chi connectivity index (χ1) is 7.84. The van der Waals surface area contributed by atoms with E-state index in [1.54, 1.807) is 0 Å². The maximum absolute atomic E-state index is 4.30. The molecule has 16 heavy (non-hydrogen) atoms. The zero-order valence-electron chi connectivity index (χ0n) is 9.21. The number of rotatable bonds is 5. The van der Waals surface area contributed by atoms with Crippen LogP contribution in [0.5, 0.6) is 0 Å². The van der Waals surface area contributed by atoms with Crippen molar-refractivity contribution in [2.24, 2.45) is 0 Å². The van der Waals surface area contributed by atoms with Crippen molar-refractivity contribution in [2.75, 3.05) is 13.6 Å². The Kier molecular flexibility index (Phi) is 3.96. The topological polar surface area (TPSA) is 41.9 Å². The summed E-state index contributed by atoms with van der Waals surface area (Å²) in [5.74, 6) is 0. The minimum absolute atomic E-state index is 0.851. The highest BCUT2D eigenvalue weighted by atomic mass is 32.1. The summed E-state index contributed by atoms with van der Waals surface area (Å²) in [4.78, 5) is 6.52. The second-order valence-electron chi connectivity index (χ2n) is 3.71. The molecule has 5 heteroatoms. The summed E-state index contributed by atoms with van der Waals surface area (Å²) in [6, 6.07) is 6.01. The lowest BCUT2D eigenvalue weighted by molar-refractivity contribution is 0.326. The zero-order chi connectivity index (χ0) is 11.2. The third-order valence-corrected chi connectivity index (χ3v) is 2.87. The van der Waals surface area contributed by atoms with Crippen LogP contribution in [0.3, 0.4) is 0 Å². The first-order valence-corrected chi connectivity index (χ1v) is 6.02. The number of nitrogens with zero attached hydrogens (tertiary/aromatic N) is 4. The van der Waals surface area contributed by atoms with Gasteiger partial charge in [0.2, 0.25) is 0 Å². The molecule has 0 atom stereocenters. The Morgan fingerprint density at radius 2 is 2.25 bits per heavy atom. The van der Waals surface area contributed by atoms with Crippen molar-refractivity contribution in [1.29, 1.82) is 0 Å². The average Bonchev–Trinajstić information content (AvgIpc) is 2.81. The Balaban J connectivity index is 1.78. The van der Waals surface area contributed by atoms with Gasteiger partial charge in [0, 0.05) is 36.8 Å². The van der Waals surface area contributed by atoms with E-state index in [1.807, 2.05) is 23.7 Å². The fraction of sp³-hybridized carbons (Fsp3) is 0.364. The summed E-state index contributed by atoms with van der Waals surface area (Å²) < 4.78 is 3.85. The van der Waals surface area contributed by atoms with Crippen LogP contribution in [0, 0.1) is 0 Å². The molecule has 0 unspecified atom stereocenters. The molecule has 0 fully saturated rings. The van der Waals surface area contributed by atoms with Gasteiger partial charge < -0.3 is 4.90 Å². The van der Waals surface area contributed by atoms with Gasteiger partial charge in [-0.05, 0) is 30.7 Å². The molecule has 0 saturated carbocycles. The van der Waals surface area contributed by atoms with Gasteiger partial charge in [-0.25, -0.2) is 0 Å². The quantitative estimate of drug-likeness (QED) is 0.788. The van der Waals surface area contributed by atoms with E-state index >= 15 is 0 Å². The maximum atomic E-state index is 4.30. The fourth-order valence-electron chi connectivity index (χ4n) is 1.46. The molecule has 0 radical (unpaired) electrons. The van der Waals surface area contributed by atoms with Crippen molar-refractivity contribution in [2.45, 2.75) is 13.0 Å². The average molecular weight is 234 g/mol. The summed E-state index contributed by atoms with van der Waals surface area (Å²) in [6.07, 6.45) is 2.80. The van der Waals surface area contributed by atoms with Gasteiger partial charge in [0.1, 0.15) is 0 Å². The third-order valence-electron chi connectivity index (χ3n) is 2.31. The standard InChI is InChI=1S/C11H14N4S/c1-15(8-11-9-16-14-13-11)7-5-10-4-2-3-6-12-10/h2-4,6,9H,5,7-8H2,1H3. The van der Waals surface area contributed by atoms with Crippen molar-refractivity contribution in [3.05, 3.63) is 41.2 Å². The number of aromatic nitrogens is 3. The SMILES string of the molecule is CN(CCc1ccccn1)Cc1csnn1. The molecule has 0 aliphatic rings. The van der Waals surface area contributed by atoms with Crippen LogP contribution in [-0.2, 0) is 13.0 Å². The predicted molar refractivity (Wildman–Crippen MR) is 64.2 cm³/mol. The largest absolute Gasteiger partial charge is 0.300 e. The van der Waals surface area contributed by atoms with Crippen molar-refractivity contribution in [3.8, 4) is 0 Å². The molecule has 0 N–H and O–H groups in total. The van der Waals surface area contributed by atoms with Crippen LogP contribution >= 0.6 is 11.5 Å². The minimum Gasteiger partial charge on any atom is -0.300 e. The minimum atomic E-state index is 0.851. The first kappa shape index (κ1) is 11.2. The summed E-state index contributed by atoms with van der Waals surface area (Å²) in [5, 5.41) is 6.01. The number of likely N-dealkylation sites (N-methyl/N-ethyl adjacent to an activating group) is 1. The van der Waals surface area contributed by atoms with E-state index in [4.69, 9.17) is 0 Å². The Hall–Kier alpha value is -1.33. The molecule has 4 nitrogen and oxygen atoms in total. The summed E-state index contributed by atoms with van der Waals surface area (Å²) in [6.45, 7) is 1.83. The normalized spacial score (nSPS) is 10.9. The van der Waals surface area contributed by atoms with Crippen LogP contribution in [0.2, 0.25) is 0 Å². The number of hydrogen-bond acceptors (Lipinski definition) is 5. The Labute approximate surface area is 99.1 Å². The van der Waals surface area contributed by atoms with E-state index in [0.29, 0.717) is 0 Å². The van der Waals surface area contributed by atoms with Crippen LogP contribution in [0.1, 0.15) is 11.4 Å². The molecule has 2 rings (SSSR count). The van der Waals surface area contributed by atoms with E-state index in [0.717, 1.165) is 30.9 Å². The van der Waals surface area contributed by atoms with Crippen LogP contribution in [0.15, 0.2) is 29.8 Å². The molecule has 2 aromatic heterocycles. The molecule has 0 saturated heterocycles. The molecular weight excluding hydrogens is 220 g/mol. The van der Waals surface area contributed by atoms with Crippen LogP contribution in [0.25, 0.3) is 0 Å². The van der Waals surface area contributed by atoms with Gasteiger partial charge in [0.25, 0.3) is 0 Å². The molecular formula is C11H14N4S. The predicted octanol–water partition coefficient (Wildman–Crippen LogP) is 1.61. The molecule has 2 heterocycles. The third kappa shape index (κ3) is 3.36. The molecule has 0 bridgehead atoms. The lowest BCUT2D eigenvalue weighted by Crippen LogP contribution is -2.21. The smallest absolute Gasteiger partial charge is 0.0895 e. The van der Waals surface area contributed by atoms with Crippen LogP contribution < -0.4 is 0 Å². The molecule has 0 spiro atoms. The molecule has 84 valence electrons. The van der Waals surface area contributed by atoms with Gasteiger partial charge in [0.05, 0.1) is 5.69 Å².